The molecule has 0 saturated carbocycles. The Labute approximate surface area is 114 Å². The van der Waals surface area contributed by atoms with Gasteiger partial charge in [-0.15, -0.1) is 0 Å². The predicted octanol–water partition coefficient (Wildman–Crippen LogP) is 4.31. The highest BCUT2D eigenvalue weighted by Gasteiger charge is 2.13. The van der Waals surface area contributed by atoms with Gasteiger partial charge in [0, 0.05) is 5.02 Å². The summed E-state index contributed by atoms with van der Waals surface area (Å²) in [5.74, 6) is 0. The molecule has 2 aromatic rings. The number of nitrogens with two attached hydrogens (primary N) is 1. The van der Waals surface area contributed by atoms with E-state index in [-0.39, 0.29) is 6.04 Å². The van der Waals surface area contributed by atoms with Crippen LogP contribution in [0.25, 0.3) is 0 Å². The van der Waals surface area contributed by atoms with Gasteiger partial charge in [0.2, 0.25) is 0 Å². The lowest BCUT2D eigenvalue weighted by molar-refractivity contribution is 0.868. The number of halogens is 1. The number of aryl methyl sites for hydroxylation is 3. The molecule has 0 aromatic heterocycles. The second-order valence-corrected chi connectivity index (χ2v) is 5.25. The molecule has 0 radical (unpaired) electrons. The Morgan fingerprint density at radius 3 is 2.28 bits per heavy atom. The fourth-order valence-corrected chi connectivity index (χ4v) is 2.37. The minimum atomic E-state index is -0.169. The minimum Gasteiger partial charge on any atom is -0.320 e. The molecule has 2 aromatic carbocycles. The number of benzene rings is 2. The summed E-state index contributed by atoms with van der Waals surface area (Å²) in [5, 5.41) is 0.737. The van der Waals surface area contributed by atoms with Crippen molar-refractivity contribution >= 4 is 11.6 Å². The van der Waals surface area contributed by atoms with Gasteiger partial charge in [-0.3, -0.25) is 0 Å². The van der Waals surface area contributed by atoms with Crippen molar-refractivity contribution < 1.29 is 0 Å². The first-order valence-electron chi connectivity index (χ1n) is 6.08. The van der Waals surface area contributed by atoms with Gasteiger partial charge in [-0.1, -0.05) is 41.9 Å². The van der Waals surface area contributed by atoms with Crippen LogP contribution in [0.15, 0.2) is 36.4 Å². The monoisotopic (exact) mass is 259 g/mol. The van der Waals surface area contributed by atoms with Crippen LogP contribution in [0.5, 0.6) is 0 Å². The Morgan fingerprint density at radius 1 is 0.944 bits per heavy atom. The highest BCUT2D eigenvalue weighted by molar-refractivity contribution is 6.31. The molecule has 0 amide bonds. The molecule has 2 heteroatoms. The number of hydrogen-bond acceptors (Lipinski definition) is 1. The lowest BCUT2D eigenvalue weighted by Gasteiger charge is -2.16. The van der Waals surface area contributed by atoms with Gasteiger partial charge in [0.15, 0.2) is 0 Å². The molecule has 1 unspecified atom stereocenters. The molecule has 0 aliphatic heterocycles. The highest BCUT2D eigenvalue weighted by atomic mass is 35.5. The zero-order valence-corrected chi connectivity index (χ0v) is 11.8. The van der Waals surface area contributed by atoms with E-state index in [0.29, 0.717) is 0 Å². The van der Waals surface area contributed by atoms with Gasteiger partial charge in [0.1, 0.15) is 0 Å². The van der Waals surface area contributed by atoms with Gasteiger partial charge >= 0.3 is 0 Å². The van der Waals surface area contributed by atoms with Gasteiger partial charge in [0.05, 0.1) is 6.04 Å². The van der Waals surface area contributed by atoms with E-state index in [9.17, 15) is 0 Å². The maximum Gasteiger partial charge on any atom is 0.0566 e. The Kier molecular flexibility index (Phi) is 3.74. The molecular weight excluding hydrogens is 242 g/mol. The van der Waals surface area contributed by atoms with Gasteiger partial charge in [0.25, 0.3) is 0 Å². The van der Waals surface area contributed by atoms with Crippen molar-refractivity contribution in [2.24, 2.45) is 5.73 Å². The van der Waals surface area contributed by atoms with Crippen LogP contribution in [-0.4, -0.2) is 0 Å². The average molecular weight is 260 g/mol. The first-order chi connectivity index (χ1) is 8.49. The topological polar surface area (TPSA) is 26.0 Å². The van der Waals surface area contributed by atoms with Crippen LogP contribution in [0, 0.1) is 20.8 Å². The molecule has 0 heterocycles. The fourth-order valence-electron chi connectivity index (χ4n) is 2.02. The average Bonchev–Trinajstić information content (AvgIpc) is 2.32. The van der Waals surface area contributed by atoms with Crippen molar-refractivity contribution in [1.29, 1.82) is 0 Å². The van der Waals surface area contributed by atoms with E-state index < -0.39 is 0 Å². The zero-order valence-electron chi connectivity index (χ0n) is 11.0. The molecular formula is C16H18ClN. The third kappa shape index (κ3) is 2.58. The molecule has 0 fully saturated rings. The molecule has 94 valence electrons. The Balaban J connectivity index is 2.41. The van der Waals surface area contributed by atoms with Crippen molar-refractivity contribution in [2.45, 2.75) is 26.8 Å². The fraction of sp³-hybridized carbons (Fsp3) is 0.250. The summed E-state index contributed by atoms with van der Waals surface area (Å²) in [6.45, 7) is 6.23. The molecule has 2 N–H and O–H groups in total. The van der Waals surface area contributed by atoms with Crippen LogP contribution in [0.2, 0.25) is 5.02 Å². The molecule has 0 aliphatic rings. The van der Waals surface area contributed by atoms with Crippen molar-refractivity contribution in [3.05, 3.63) is 69.2 Å². The van der Waals surface area contributed by atoms with E-state index in [2.05, 4.69) is 32.0 Å². The summed E-state index contributed by atoms with van der Waals surface area (Å²) < 4.78 is 0. The molecule has 0 saturated heterocycles. The number of rotatable bonds is 2. The first kappa shape index (κ1) is 13.1. The molecule has 0 aliphatic carbocycles. The molecule has 18 heavy (non-hydrogen) atoms. The van der Waals surface area contributed by atoms with Gasteiger partial charge in [-0.2, -0.15) is 0 Å². The summed E-state index contributed by atoms with van der Waals surface area (Å²) in [7, 11) is 0. The van der Waals surface area contributed by atoms with Gasteiger partial charge < -0.3 is 5.73 Å². The highest BCUT2D eigenvalue weighted by Crippen LogP contribution is 2.28. The van der Waals surface area contributed by atoms with Crippen molar-refractivity contribution in [3.8, 4) is 0 Å². The Hall–Kier alpha value is -1.31. The second kappa shape index (κ2) is 5.13. The van der Waals surface area contributed by atoms with E-state index in [1.807, 2.05) is 25.1 Å². The molecule has 2 rings (SSSR count). The molecule has 0 bridgehead atoms. The van der Waals surface area contributed by atoms with Crippen LogP contribution in [0.3, 0.4) is 0 Å². The van der Waals surface area contributed by atoms with Gasteiger partial charge in [-0.25, -0.2) is 0 Å². The van der Waals surface area contributed by atoms with Crippen LogP contribution >= 0.6 is 11.6 Å². The second-order valence-electron chi connectivity index (χ2n) is 4.85. The van der Waals surface area contributed by atoms with Gasteiger partial charge in [-0.05, 0) is 54.7 Å². The normalized spacial score (nSPS) is 12.5. The van der Waals surface area contributed by atoms with Crippen molar-refractivity contribution in [2.75, 3.05) is 0 Å². The molecule has 1 atom stereocenters. The van der Waals surface area contributed by atoms with Crippen LogP contribution in [0.1, 0.15) is 33.9 Å². The van der Waals surface area contributed by atoms with E-state index in [0.717, 1.165) is 21.7 Å². The third-order valence-corrected chi connectivity index (χ3v) is 3.71. The maximum absolute atomic E-state index is 6.30. The summed E-state index contributed by atoms with van der Waals surface area (Å²) in [6.07, 6.45) is 0. The summed E-state index contributed by atoms with van der Waals surface area (Å²) in [5.41, 5.74) is 12.1. The molecule has 0 spiro atoms. The zero-order chi connectivity index (χ0) is 13.3. The van der Waals surface area contributed by atoms with Crippen LogP contribution in [-0.2, 0) is 0 Å². The molecule has 1 nitrogen and oxygen atoms in total. The SMILES string of the molecule is Cc1ccc(C(N)c2ccc(C)c(C)c2)c(Cl)c1. The summed E-state index contributed by atoms with van der Waals surface area (Å²) in [4.78, 5) is 0. The van der Waals surface area contributed by atoms with Crippen molar-refractivity contribution in [1.82, 2.24) is 0 Å². The quantitative estimate of drug-likeness (QED) is 0.854. The van der Waals surface area contributed by atoms with Crippen molar-refractivity contribution in [3.63, 3.8) is 0 Å². The van der Waals surface area contributed by atoms with E-state index >= 15 is 0 Å². The standard InChI is InChI=1S/C16H18ClN/c1-10-4-7-14(15(17)8-10)16(18)13-6-5-11(2)12(3)9-13/h4-9,16H,18H2,1-3H3. The summed E-state index contributed by atoms with van der Waals surface area (Å²) >= 11 is 6.27. The number of hydrogen-bond donors (Lipinski definition) is 1. The minimum absolute atomic E-state index is 0.169. The Bertz CT molecular complexity index is 575. The van der Waals surface area contributed by atoms with Crippen LogP contribution in [0.4, 0.5) is 0 Å². The predicted molar refractivity (Wildman–Crippen MR) is 78.1 cm³/mol. The van der Waals surface area contributed by atoms with E-state index in [1.165, 1.54) is 11.1 Å². The van der Waals surface area contributed by atoms with Crippen LogP contribution < -0.4 is 5.73 Å². The third-order valence-electron chi connectivity index (χ3n) is 3.38. The maximum atomic E-state index is 6.30. The first-order valence-corrected chi connectivity index (χ1v) is 6.45. The van der Waals surface area contributed by atoms with E-state index in [1.54, 1.807) is 0 Å². The summed E-state index contributed by atoms with van der Waals surface area (Å²) in [6, 6.07) is 12.2. The lowest BCUT2D eigenvalue weighted by Crippen LogP contribution is -2.12. The largest absolute Gasteiger partial charge is 0.320 e. The lowest BCUT2D eigenvalue weighted by atomic mass is 9.96. The smallest absolute Gasteiger partial charge is 0.0566 e. The van der Waals surface area contributed by atoms with E-state index in [4.69, 9.17) is 17.3 Å². The Morgan fingerprint density at radius 2 is 1.67 bits per heavy atom.